The van der Waals surface area contributed by atoms with Crippen LogP contribution in [-0.2, 0) is 6.54 Å². The zero-order chi connectivity index (χ0) is 8.97. The van der Waals surface area contributed by atoms with Crippen molar-refractivity contribution in [2.75, 3.05) is 0 Å². The Morgan fingerprint density at radius 1 is 1.67 bits per heavy atom. The van der Waals surface area contributed by atoms with Gasteiger partial charge in [0.05, 0.1) is 5.69 Å². The van der Waals surface area contributed by atoms with Crippen molar-refractivity contribution in [3.63, 3.8) is 0 Å². The Balaban J connectivity index is 2.52. The molecule has 0 N–H and O–H groups in total. The van der Waals surface area contributed by atoms with Gasteiger partial charge in [0.2, 0.25) is 0 Å². The van der Waals surface area contributed by atoms with Crippen molar-refractivity contribution in [1.29, 1.82) is 0 Å². The Kier molecular flexibility index (Phi) is 3.59. The summed E-state index contributed by atoms with van der Waals surface area (Å²) in [6.07, 6.45) is 4.31. The van der Waals surface area contributed by atoms with Crippen molar-refractivity contribution >= 4 is 12.6 Å². The van der Waals surface area contributed by atoms with Crippen LogP contribution in [-0.4, -0.2) is 15.0 Å². The minimum atomic E-state index is 0.181. The van der Waals surface area contributed by atoms with Crippen molar-refractivity contribution in [1.82, 2.24) is 15.0 Å². The average Bonchev–Trinajstić information content (AvgIpc) is 2.48. The molecule has 1 rings (SSSR count). The zero-order valence-corrected chi connectivity index (χ0v) is 8.46. The Morgan fingerprint density at radius 2 is 2.42 bits per heavy atom. The summed E-state index contributed by atoms with van der Waals surface area (Å²) in [5.41, 5.74) is 0.953. The van der Waals surface area contributed by atoms with Gasteiger partial charge < -0.3 is 0 Å². The number of rotatable bonds is 4. The Morgan fingerprint density at radius 3 is 2.92 bits per heavy atom. The van der Waals surface area contributed by atoms with Crippen LogP contribution in [0.2, 0.25) is 0 Å². The second kappa shape index (κ2) is 4.50. The van der Waals surface area contributed by atoms with E-state index in [0.717, 1.165) is 18.7 Å². The lowest BCUT2D eigenvalue weighted by Crippen LogP contribution is -1.97. The molecule has 0 amide bonds. The van der Waals surface area contributed by atoms with Gasteiger partial charge in [0.1, 0.15) is 0 Å². The molecule has 1 unspecified atom stereocenters. The highest BCUT2D eigenvalue weighted by Gasteiger charge is 2.04. The Labute approximate surface area is 78.6 Å². The number of hydrogen-bond acceptors (Lipinski definition) is 3. The molecule has 4 heteroatoms. The molecule has 1 atom stereocenters. The lowest BCUT2D eigenvalue weighted by molar-refractivity contribution is 0.553. The number of unbranched alkanes of at least 4 members (excludes halogenated alkanes) is 1. The molecule has 68 valence electrons. The first kappa shape index (κ1) is 9.58. The standard InChI is InChI=1S/C8H15N3S/c1-3-4-5-11-6-8(7(2)12)9-10-11/h6-7,12H,3-5H2,1-2H3. The van der Waals surface area contributed by atoms with Crippen molar-refractivity contribution in [3.8, 4) is 0 Å². The summed E-state index contributed by atoms with van der Waals surface area (Å²) in [4.78, 5) is 0. The van der Waals surface area contributed by atoms with E-state index in [4.69, 9.17) is 0 Å². The smallest absolute Gasteiger partial charge is 0.0951 e. The minimum Gasteiger partial charge on any atom is -0.252 e. The van der Waals surface area contributed by atoms with Crippen LogP contribution in [0, 0.1) is 0 Å². The summed E-state index contributed by atoms with van der Waals surface area (Å²) < 4.78 is 1.88. The Bertz CT molecular complexity index is 232. The van der Waals surface area contributed by atoms with Gasteiger partial charge >= 0.3 is 0 Å². The largest absolute Gasteiger partial charge is 0.252 e. The predicted octanol–water partition coefficient (Wildman–Crippen LogP) is 2.07. The van der Waals surface area contributed by atoms with E-state index in [1.165, 1.54) is 6.42 Å². The summed E-state index contributed by atoms with van der Waals surface area (Å²) in [5, 5.41) is 8.18. The number of hydrogen-bond donors (Lipinski definition) is 1. The molecule has 0 spiro atoms. The molecular weight excluding hydrogens is 170 g/mol. The van der Waals surface area contributed by atoms with Gasteiger partial charge in [-0.2, -0.15) is 12.6 Å². The van der Waals surface area contributed by atoms with Crippen LogP contribution in [0.5, 0.6) is 0 Å². The molecule has 1 heterocycles. The van der Waals surface area contributed by atoms with Gasteiger partial charge in [0.25, 0.3) is 0 Å². The lowest BCUT2D eigenvalue weighted by atomic mass is 10.3. The monoisotopic (exact) mass is 185 g/mol. The SMILES string of the molecule is CCCCn1cc(C(C)S)nn1. The highest BCUT2D eigenvalue weighted by atomic mass is 32.1. The maximum atomic E-state index is 4.28. The van der Waals surface area contributed by atoms with Crippen LogP contribution < -0.4 is 0 Å². The molecule has 3 nitrogen and oxygen atoms in total. The van der Waals surface area contributed by atoms with E-state index in [1.807, 2.05) is 17.8 Å². The summed E-state index contributed by atoms with van der Waals surface area (Å²) in [6.45, 7) is 5.13. The van der Waals surface area contributed by atoms with Gasteiger partial charge in [0.15, 0.2) is 0 Å². The highest BCUT2D eigenvalue weighted by Crippen LogP contribution is 2.14. The van der Waals surface area contributed by atoms with E-state index in [1.54, 1.807) is 0 Å². The molecule has 0 aliphatic carbocycles. The molecule has 0 fully saturated rings. The lowest BCUT2D eigenvalue weighted by Gasteiger charge is -1.96. The van der Waals surface area contributed by atoms with Gasteiger partial charge in [-0.3, -0.25) is 4.68 Å². The summed E-state index contributed by atoms with van der Waals surface area (Å²) in [7, 11) is 0. The van der Waals surface area contributed by atoms with Gasteiger partial charge in [-0.25, -0.2) is 0 Å². The van der Waals surface area contributed by atoms with Crippen LogP contribution >= 0.6 is 12.6 Å². The van der Waals surface area contributed by atoms with Gasteiger partial charge in [-0.15, -0.1) is 5.10 Å². The fourth-order valence-corrected chi connectivity index (χ4v) is 1.05. The van der Waals surface area contributed by atoms with E-state index in [-0.39, 0.29) is 5.25 Å². The molecule has 0 aromatic carbocycles. The highest BCUT2D eigenvalue weighted by molar-refractivity contribution is 7.80. The van der Waals surface area contributed by atoms with E-state index in [2.05, 4.69) is 29.9 Å². The zero-order valence-electron chi connectivity index (χ0n) is 7.56. The molecule has 1 aromatic heterocycles. The van der Waals surface area contributed by atoms with Crippen LogP contribution in [0.1, 0.15) is 37.6 Å². The average molecular weight is 185 g/mol. The van der Waals surface area contributed by atoms with Gasteiger partial charge in [-0.05, 0) is 13.3 Å². The summed E-state index contributed by atoms with van der Waals surface area (Å²) >= 11 is 4.28. The van der Waals surface area contributed by atoms with E-state index >= 15 is 0 Å². The van der Waals surface area contributed by atoms with Crippen molar-refractivity contribution in [3.05, 3.63) is 11.9 Å². The first-order valence-electron chi connectivity index (χ1n) is 4.32. The molecule has 0 bridgehead atoms. The van der Waals surface area contributed by atoms with Gasteiger partial charge in [-0.1, -0.05) is 18.6 Å². The number of nitrogens with zero attached hydrogens (tertiary/aromatic N) is 3. The second-order valence-electron chi connectivity index (χ2n) is 2.94. The molecule has 0 saturated carbocycles. The molecule has 0 radical (unpaired) electrons. The normalized spacial score (nSPS) is 13.2. The maximum Gasteiger partial charge on any atom is 0.0951 e. The predicted molar refractivity (Wildman–Crippen MR) is 52.3 cm³/mol. The van der Waals surface area contributed by atoms with Gasteiger partial charge in [0, 0.05) is 18.0 Å². The fourth-order valence-electron chi connectivity index (χ4n) is 0.934. The van der Waals surface area contributed by atoms with Crippen LogP contribution in [0.25, 0.3) is 0 Å². The molecule has 1 aromatic rings. The minimum absolute atomic E-state index is 0.181. The van der Waals surface area contributed by atoms with Crippen molar-refractivity contribution in [2.24, 2.45) is 0 Å². The summed E-state index contributed by atoms with van der Waals surface area (Å²) in [6, 6.07) is 0. The van der Waals surface area contributed by atoms with E-state index in [0.29, 0.717) is 0 Å². The number of thiol groups is 1. The number of aryl methyl sites for hydroxylation is 1. The van der Waals surface area contributed by atoms with E-state index in [9.17, 15) is 0 Å². The third-order valence-corrected chi connectivity index (χ3v) is 1.99. The first-order valence-corrected chi connectivity index (χ1v) is 4.83. The maximum absolute atomic E-state index is 4.28. The molecule has 0 aliphatic heterocycles. The summed E-state index contributed by atoms with van der Waals surface area (Å²) in [5.74, 6) is 0. The van der Waals surface area contributed by atoms with Crippen LogP contribution in [0.15, 0.2) is 6.20 Å². The first-order chi connectivity index (χ1) is 5.74. The molecule has 12 heavy (non-hydrogen) atoms. The second-order valence-corrected chi connectivity index (χ2v) is 3.71. The number of aromatic nitrogens is 3. The van der Waals surface area contributed by atoms with E-state index < -0.39 is 0 Å². The van der Waals surface area contributed by atoms with Crippen LogP contribution in [0.4, 0.5) is 0 Å². The fraction of sp³-hybridized carbons (Fsp3) is 0.750. The quantitative estimate of drug-likeness (QED) is 0.728. The third kappa shape index (κ3) is 2.52. The third-order valence-electron chi connectivity index (χ3n) is 1.73. The Hall–Kier alpha value is -0.510. The van der Waals surface area contributed by atoms with Crippen molar-refractivity contribution in [2.45, 2.75) is 38.5 Å². The molecule has 0 saturated heterocycles. The van der Waals surface area contributed by atoms with Crippen LogP contribution in [0.3, 0.4) is 0 Å². The molecular formula is C8H15N3S. The topological polar surface area (TPSA) is 30.7 Å². The van der Waals surface area contributed by atoms with Crippen molar-refractivity contribution < 1.29 is 0 Å². The molecule has 0 aliphatic rings.